The first-order chi connectivity index (χ1) is 7.34. The van der Waals surface area contributed by atoms with Crippen LogP contribution in [0.1, 0.15) is 37.7 Å². The first kappa shape index (κ1) is 10.7. The summed E-state index contributed by atoms with van der Waals surface area (Å²) < 4.78 is 2.02. The molecule has 0 aromatic carbocycles. The molecule has 1 fully saturated rings. The normalized spacial score (nSPS) is 18.2. The average molecular weight is 207 g/mol. The fraction of sp³-hybridized carbons (Fsp3) is 0.750. The molecule has 0 radical (unpaired) electrons. The number of aromatic nitrogens is 2. The summed E-state index contributed by atoms with van der Waals surface area (Å²) in [4.78, 5) is 0. The zero-order chi connectivity index (χ0) is 10.5. The van der Waals surface area contributed by atoms with Gasteiger partial charge in [-0.15, -0.1) is 0 Å². The van der Waals surface area contributed by atoms with Crippen LogP contribution in [0.3, 0.4) is 0 Å². The Bertz CT molecular complexity index is 287. The van der Waals surface area contributed by atoms with E-state index >= 15 is 0 Å². The van der Waals surface area contributed by atoms with Crippen LogP contribution in [0.25, 0.3) is 0 Å². The van der Waals surface area contributed by atoms with Gasteiger partial charge < -0.3 is 5.32 Å². The lowest BCUT2D eigenvalue weighted by Crippen LogP contribution is -2.33. The molecule has 1 N–H and O–H groups in total. The number of rotatable bonds is 4. The van der Waals surface area contributed by atoms with Crippen LogP contribution in [0.4, 0.5) is 0 Å². The summed E-state index contributed by atoms with van der Waals surface area (Å²) in [6, 6.07) is 0.760. The highest BCUT2D eigenvalue weighted by molar-refractivity contribution is 4.99. The third-order valence-electron chi connectivity index (χ3n) is 3.14. The minimum Gasteiger partial charge on any atom is -0.312 e. The first-order valence-corrected chi connectivity index (χ1v) is 6.07. The van der Waals surface area contributed by atoms with Gasteiger partial charge in [-0.2, -0.15) is 5.10 Å². The second-order valence-corrected chi connectivity index (χ2v) is 4.57. The molecule has 2 rings (SSSR count). The van der Waals surface area contributed by atoms with Gasteiger partial charge in [-0.3, -0.25) is 4.68 Å². The standard InChI is InChI=1S/C12H21N3/c1-11-9-14-15(10-11)8-7-13-12-5-3-2-4-6-12/h9-10,12-13H,2-8H2,1H3. The van der Waals surface area contributed by atoms with Crippen molar-refractivity contribution in [3.63, 3.8) is 0 Å². The Balaban J connectivity index is 1.65. The molecule has 0 saturated heterocycles. The van der Waals surface area contributed by atoms with Gasteiger partial charge in [-0.05, 0) is 25.3 Å². The summed E-state index contributed by atoms with van der Waals surface area (Å²) in [7, 11) is 0. The Hall–Kier alpha value is -0.830. The highest BCUT2D eigenvalue weighted by atomic mass is 15.3. The Morgan fingerprint density at radius 1 is 1.40 bits per heavy atom. The molecule has 0 amide bonds. The van der Waals surface area contributed by atoms with Crippen LogP contribution in [-0.4, -0.2) is 22.4 Å². The van der Waals surface area contributed by atoms with E-state index in [0.717, 1.165) is 19.1 Å². The third-order valence-corrected chi connectivity index (χ3v) is 3.14. The predicted octanol–water partition coefficient (Wildman–Crippen LogP) is 2.11. The van der Waals surface area contributed by atoms with E-state index in [1.807, 2.05) is 10.9 Å². The molecule has 3 heteroatoms. The van der Waals surface area contributed by atoms with Gasteiger partial charge in [-0.1, -0.05) is 19.3 Å². The van der Waals surface area contributed by atoms with Crippen LogP contribution in [0, 0.1) is 6.92 Å². The van der Waals surface area contributed by atoms with Crippen molar-refractivity contribution in [3.05, 3.63) is 18.0 Å². The molecule has 0 bridgehead atoms. The quantitative estimate of drug-likeness (QED) is 0.819. The first-order valence-electron chi connectivity index (χ1n) is 6.07. The third kappa shape index (κ3) is 3.34. The summed E-state index contributed by atoms with van der Waals surface area (Å²) in [6.45, 7) is 4.12. The fourth-order valence-corrected chi connectivity index (χ4v) is 2.28. The van der Waals surface area contributed by atoms with Crippen molar-refractivity contribution in [2.75, 3.05) is 6.54 Å². The van der Waals surface area contributed by atoms with Crippen molar-refractivity contribution in [2.24, 2.45) is 0 Å². The topological polar surface area (TPSA) is 29.9 Å². The maximum absolute atomic E-state index is 4.28. The van der Waals surface area contributed by atoms with E-state index in [1.165, 1.54) is 37.7 Å². The van der Waals surface area contributed by atoms with E-state index in [-0.39, 0.29) is 0 Å². The van der Waals surface area contributed by atoms with Gasteiger partial charge in [-0.25, -0.2) is 0 Å². The molecule has 1 heterocycles. The molecule has 15 heavy (non-hydrogen) atoms. The van der Waals surface area contributed by atoms with Crippen LogP contribution < -0.4 is 5.32 Å². The molecule has 1 aliphatic rings. The predicted molar refractivity (Wildman–Crippen MR) is 61.8 cm³/mol. The average Bonchev–Trinajstić information content (AvgIpc) is 2.66. The monoisotopic (exact) mass is 207 g/mol. The number of nitrogens with one attached hydrogen (secondary N) is 1. The number of hydrogen-bond donors (Lipinski definition) is 1. The van der Waals surface area contributed by atoms with Crippen LogP contribution in [0.5, 0.6) is 0 Å². The highest BCUT2D eigenvalue weighted by Crippen LogP contribution is 2.16. The number of aryl methyl sites for hydroxylation is 1. The summed E-state index contributed by atoms with van der Waals surface area (Å²) in [5.74, 6) is 0. The van der Waals surface area contributed by atoms with Gasteiger partial charge in [0.1, 0.15) is 0 Å². The minimum atomic E-state index is 0.760. The lowest BCUT2D eigenvalue weighted by molar-refractivity contribution is 0.365. The zero-order valence-corrected chi connectivity index (χ0v) is 9.58. The molecule has 3 nitrogen and oxygen atoms in total. The van der Waals surface area contributed by atoms with E-state index in [1.54, 1.807) is 0 Å². The Kier molecular flexibility index (Phi) is 3.78. The summed E-state index contributed by atoms with van der Waals surface area (Å²) in [6.07, 6.45) is 11.0. The molecule has 0 spiro atoms. The van der Waals surface area contributed by atoms with Gasteiger partial charge in [0.25, 0.3) is 0 Å². The van der Waals surface area contributed by atoms with Gasteiger partial charge >= 0.3 is 0 Å². The SMILES string of the molecule is Cc1cnn(CCNC2CCCCC2)c1. The molecule has 1 saturated carbocycles. The van der Waals surface area contributed by atoms with Crippen LogP contribution in [0.2, 0.25) is 0 Å². The van der Waals surface area contributed by atoms with E-state index in [4.69, 9.17) is 0 Å². The van der Waals surface area contributed by atoms with E-state index in [9.17, 15) is 0 Å². The largest absolute Gasteiger partial charge is 0.312 e. The van der Waals surface area contributed by atoms with Crippen molar-refractivity contribution in [1.82, 2.24) is 15.1 Å². The van der Waals surface area contributed by atoms with Crippen molar-refractivity contribution in [3.8, 4) is 0 Å². The maximum Gasteiger partial charge on any atom is 0.0534 e. The van der Waals surface area contributed by atoms with Crippen LogP contribution in [-0.2, 0) is 6.54 Å². The lowest BCUT2D eigenvalue weighted by Gasteiger charge is -2.22. The minimum absolute atomic E-state index is 0.760. The Labute approximate surface area is 91.9 Å². The van der Waals surface area contributed by atoms with Crippen LogP contribution in [0.15, 0.2) is 12.4 Å². The van der Waals surface area contributed by atoms with Crippen molar-refractivity contribution >= 4 is 0 Å². The summed E-state index contributed by atoms with van der Waals surface area (Å²) in [5.41, 5.74) is 1.24. The highest BCUT2D eigenvalue weighted by Gasteiger charge is 2.11. The maximum atomic E-state index is 4.28. The molecule has 1 aromatic rings. The number of nitrogens with zero attached hydrogens (tertiary/aromatic N) is 2. The summed E-state index contributed by atoms with van der Waals surface area (Å²) >= 11 is 0. The number of hydrogen-bond acceptors (Lipinski definition) is 2. The second kappa shape index (κ2) is 5.31. The smallest absolute Gasteiger partial charge is 0.0534 e. The van der Waals surface area contributed by atoms with E-state index < -0.39 is 0 Å². The second-order valence-electron chi connectivity index (χ2n) is 4.57. The zero-order valence-electron chi connectivity index (χ0n) is 9.58. The van der Waals surface area contributed by atoms with Gasteiger partial charge in [0, 0.05) is 18.8 Å². The molecule has 0 atom stereocenters. The molecule has 1 aromatic heterocycles. The molecule has 84 valence electrons. The molecule has 1 aliphatic carbocycles. The molecular weight excluding hydrogens is 186 g/mol. The van der Waals surface area contributed by atoms with E-state index in [0.29, 0.717) is 0 Å². The fourth-order valence-electron chi connectivity index (χ4n) is 2.28. The summed E-state index contributed by atoms with van der Waals surface area (Å²) in [5, 5.41) is 7.89. The molecule has 0 unspecified atom stereocenters. The lowest BCUT2D eigenvalue weighted by atomic mass is 9.95. The van der Waals surface area contributed by atoms with Crippen molar-refractivity contribution in [1.29, 1.82) is 0 Å². The van der Waals surface area contributed by atoms with Gasteiger partial charge in [0.05, 0.1) is 12.7 Å². The van der Waals surface area contributed by atoms with Crippen molar-refractivity contribution < 1.29 is 0 Å². The Morgan fingerprint density at radius 3 is 2.87 bits per heavy atom. The van der Waals surface area contributed by atoms with Gasteiger partial charge in [0.15, 0.2) is 0 Å². The molecular formula is C12H21N3. The molecule has 0 aliphatic heterocycles. The van der Waals surface area contributed by atoms with Crippen molar-refractivity contribution in [2.45, 2.75) is 51.6 Å². The Morgan fingerprint density at radius 2 is 2.20 bits per heavy atom. The van der Waals surface area contributed by atoms with E-state index in [2.05, 4.69) is 23.5 Å². The van der Waals surface area contributed by atoms with Crippen LogP contribution >= 0.6 is 0 Å². The van der Waals surface area contributed by atoms with Gasteiger partial charge in [0.2, 0.25) is 0 Å².